The molecule has 0 fully saturated rings. The van der Waals surface area contributed by atoms with Crippen LogP contribution in [0.4, 0.5) is 0 Å². The Hall–Kier alpha value is -1.06. The van der Waals surface area contributed by atoms with E-state index in [2.05, 4.69) is 0 Å². The van der Waals surface area contributed by atoms with Gasteiger partial charge in [-0.15, -0.1) is 0 Å². The Balaban J connectivity index is 3.07. The molecule has 0 spiro atoms. The fourth-order valence-electron chi connectivity index (χ4n) is 1.35. The summed E-state index contributed by atoms with van der Waals surface area (Å²) in [7, 11) is 1.60. The van der Waals surface area contributed by atoms with Gasteiger partial charge in [-0.1, -0.05) is 12.1 Å². The quantitative estimate of drug-likeness (QED) is 0.766. The molecule has 0 amide bonds. The number of aryl methyl sites for hydroxylation is 1. The minimum Gasteiger partial charge on any atom is -0.496 e. The van der Waals surface area contributed by atoms with Gasteiger partial charge in [0.1, 0.15) is 5.75 Å². The van der Waals surface area contributed by atoms with Gasteiger partial charge in [-0.05, 0) is 25.5 Å². The lowest BCUT2D eigenvalue weighted by molar-refractivity contribution is 0.162. The fraction of sp³-hybridized carbons (Fsp3) is 0.455. The summed E-state index contributed by atoms with van der Waals surface area (Å²) >= 11 is 0. The highest BCUT2D eigenvalue weighted by atomic mass is 16.5. The van der Waals surface area contributed by atoms with Crippen molar-refractivity contribution in [3.63, 3.8) is 0 Å². The van der Waals surface area contributed by atoms with E-state index in [9.17, 15) is 5.11 Å². The van der Waals surface area contributed by atoms with Crippen LogP contribution < -0.4 is 10.5 Å². The molecule has 0 saturated heterocycles. The number of nitrogens with two attached hydrogens (primary N) is 1. The van der Waals surface area contributed by atoms with Crippen LogP contribution in [0.5, 0.6) is 5.75 Å². The Labute approximate surface area is 84.5 Å². The second-order valence-electron chi connectivity index (χ2n) is 3.51. The van der Waals surface area contributed by atoms with Gasteiger partial charge in [0.05, 0.1) is 19.3 Å². The van der Waals surface area contributed by atoms with Gasteiger partial charge >= 0.3 is 0 Å². The molecular weight excluding hydrogens is 178 g/mol. The summed E-state index contributed by atoms with van der Waals surface area (Å²) in [5.74, 6) is 0.735. The van der Waals surface area contributed by atoms with Gasteiger partial charge in [-0.2, -0.15) is 0 Å². The molecule has 0 aliphatic carbocycles. The van der Waals surface area contributed by atoms with Gasteiger partial charge in [-0.3, -0.25) is 0 Å². The topological polar surface area (TPSA) is 55.5 Å². The molecule has 3 heteroatoms. The normalized spacial score (nSPS) is 14.9. The highest BCUT2D eigenvalue weighted by Gasteiger charge is 2.16. The molecule has 1 rings (SSSR count). The van der Waals surface area contributed by atoms with E-state index >= 15 is 0 Å². The largest absolute Gasteiger partial charge is 0.496 e. The second kappa shape index (κ2) is 4.44. The van der Waals surface area contributed by atoms with Crippen LogP contribution in [0.2, 0.25) is 0 Å². The SMILES string of the molecule is COc1cc(C)ccc1[C@H](N)[C@H](C)O. The van der Waals surface area contributed by atoms with Crippen molar-refractivity contribution >= 4 is 0 Å². The molecule has 0 radical (unpaired) electrons. The molecule has 0 aliphatic rings. The summed E-state index contributed by atoms with van der Waals surface area (Å²) in [6.07, 6.45) is -0.577. The van der Waals surface area contributed by atoms with Crippen LogP contribution in [-0.4, -0.2) is 18.3 Å². The predicted molar refractivity (Wildman–Crippen MR) is 56.3 cm³/mol. The Morgan fingerprint density at radius 3 is 2.57 bits per heavy atom. The van der Waals surface area contributed by atoms with Crippen molar-refractivity contribution in [1.82, 2.24) is 0 Å². The minimum absolute atomic E-state index is 0.398. The maximum absolute atomic E-state index is 9.38. The molecular formula is C11H17NO2. The number of rotatable bonds is 3. The Morgan fingerprint density at radius 1 is 1.43 bits per heavy atom. The summed E-state index contributed by atoms with van der Waals surface area (Å²) in [4.78, 5) is 0. The lowest BCUT2D eigenvalue weighted by Crippen LogP contribution is -2.23. The second-order valence-corrected chi connectivity index (χ2v) is 3.51. The molecule has 0 aliphatic heterocycles. The van der Waals surface area contributed by atoms with E-state index in [1.807, 2.05) is 25.1 Å². The number of ether oxygens (including phenoxy) is 1. The monoisotopic (exact) mass is 195 g/mol. The summed E-state index contributed by atoms with van der Waals surface area (Å²) in [6.45, 7) is 3.66. The summed E-state index contributed by atoms with van der Waals surface area (Å²) in [5.41, 5.74) is 7.79. The van der Waals surface area contributed by atoms with Gasteiger partial charge < -0.3 is 15.6 Å². The van der Waals surface area contributed by atoms with E-state index in [0.29, 0.717) is 0 Å². The van der Waals surface area contributed by atoms with Crippen molar-refractivity contribution in [2.24, 2.45) is 5.73 Å². The number of benzene rings is 1. The van der Waals surface area contributed by atoms with Gasteiger partial charge in [0.15, 0.2) is 0 Å². The van der Waals surface area contributed by atoms with Crippen LogP contribution in [0.1, 0.15) is 24.1 Å². The molecule has 1 aromatic carbocycles. The smallest absolute Gasteiger partial charge is 0.123 e. The number of aliphatic hydroxyl groups is 1. The third kappa shape index (κ3) is 2.25. The summed E-state index contributed by atoms with van der Waals surface area (Å²) in [6, 6.07) is 5.37. The summed E-state index contributed by atoms with van der Waals surface area (Å²) in [5, 5.41) is 9.38. The van der Waals surface area contributed by atoms with Gasteiger partial charge in [0, 0.05) is 5.56 Å². The highest BCUT2D eigenvalue weighted by Crippen LogP contribution is 2.26. The lowest BCUT2D eigenvalue weighted by atomic mass is 10.0. The van der Waals surface area contributed by atoms with Gasteiger partial charge in [-0.25, -0.2) is 0 Å². The molecule has 3 N–H and O–H groups in total. The minimum atomic E-state index is -0.577. The van der Waals surface area contributed by atoms with Crippen LogP contribution in [0.25, 0.3) is 0 Å². The molecule has 14 heavy (non-hydrogen) atoms. The van der Waals surface area contributed by atoms with Crippen molar-refractivity contribution in [3.8, 4) is 5.75 Å². The molecule has 2 atom stereocenters. The van der Waals surface area contributed by atoms with Crippen molar-refractivity contribution in [3.05, 3.63) is 29.3 Å². The van der Waals surface area contributed by atoms with Crippen molar-refractivity contribution in [1.29, 1.82) is 0 Å². The zero-order valence-corrected chi connectivity index (χ0v) is 8.82. The number of aliphatic hydroxyl groups excluding tert-OH is 1. The molecule has 0 bridgehead atoms. The standard InChI is InChI=1S/C11H17NO2/c1-7-4-5-9(10(6-7)14-3)11(12)8(2)13/h4-6,8,11,13H,12H2,1-3H3/t8-,11+/m0/s1. The van der Waals surface area contributed by atoms with Gasteiger partial charge in [0.2, 0.25) is 0 Å². The first kappa shape index (κ1) is 11.0. The van der Waals surface area contributed by atoms with E-state index in [1.54, 1.807) is 14.0 Å². The molecule has 3 nitrogen and oxygen atoms in total. The maximum Gasteiger partial charge on any atom is 0.123 e. The number of hydrogen-bond donors (Lipinski definition) is 2. The fourth-order valence-corrected chi connectivity index (χ4v) is 1.35. The van der Waals surface area contributed by atoms with E-state index < -0.39 is 12.1 Å². The Morgan fingerprint density at radius 2 is 2.07 bits per heavy atom. The van der Waals surface area contributed by atoms with Crippen LogP contribution in [0, 0.1) is 6.92 Å². The summed E-state index contributed by atoms with van der Waals surface area (Å²) < 4.78 is 5.21. The third-order valence-electron chi connectivity index (χ3n) is 2.27. The number of hydrogen-bond acceptors (Lipinski definition) is 3. The average molecular weight is 195 g/mol. The van der Waals surface area contributed by atoms with E-state index in [4.69, 9.17) is 10.5 Å². The molecule has 0 aromatic heterocycles. The molecule has 0 heterocycles. The van der Waals surface area contributed by atoms with E-state index in [-0.39, 0.29) is 0 Å². The lowest BCUT2D eigenvalue weighted by Gasteiger charge is -2.18. The highest BCUT2D eigenvalue weighted by molar-refractivity contribution is 5.39. The van der Waals surface area contributed by atoms with Crippen molar-refractivity contribution < 1.29 is 9.84 Å². The van der Waals surface area contributed by atoms with Crippen LogP contribution in [-0.2, 0) is 0 Å². The van der Waals surface area contributed by atoms with E-state index in [1.165, 1.54) is 0 Å². The molecule has 0 unspecified atom stereocenters. The van der Waals surface area contributed by atoms with Crippen LogP contribution in [0.3, 0.4) is 0 Å². The van der Waals surface area contributed by atoms with Crippen LogP contribution >= 0.6 is 0 Å². The zero-order valence-electron chi connectivity index (χ0n) is 8.82. The van der Waals surface area contributed by atoms with E-state index in [0.717, 1.165) is 16.9 Å². The van der Waals surface area contributed by atoms with Gasteiger partial charge in [0.25, 0.3) is 0 Å². The molecule has 78 valence electrons. The zero-order chi connectivity index (χ0) is 10.7. The average Bonchev–Trinajstić information content (AvgIpc) is 2.16. The van der Waals surface area contributed by atoms with Crippen LogP contribution in [0.15, 0.2) is 18.2 Å². The van der Waals surface area contributed by atoms with Crippen molar-refractivity contribution in [2.45, 2.75) is 26.0 Å². The Bertz CT molecular complexity index is 310. The predicted octanol–water partition coefficient (Wildman–Crippen LogP) is 1.38. The first-order valence-electron chi connectivity index (χ1n) is 4.64. The first-order valence-corrected chi connectivity index (χ1v) is 4.64. The molecule has 0 saturated carbocycles. The molecule has 1 aromatic rings. The first-order chi connectivity index (χ1) is 6.56. The maximum atomic E-state index is 9.38. The number of methoxy groups -OCH3 is 1. The Kier molecular flexibility index (Phi) is 3.49. The van der Waals surface area contributed by atoms with Crippen molar-refractivity contribution in [2.75, 3.05) is 7.11 Å². The third-order valence-corrected chi connectivity index (χ3v) is 2.27.